The number of halogens is 2. The Hall–Kier alpha value is -2.24. The van der Waals surface area contributed by atoms with Crippen LogP contribution < -0.4 is 10.2 Å². The molecule has 1 fully saturated rings. The Morgan fingerprint density at radius 2 is 1.69 bits per heavy atom. The van der Waals surface area contributed by atoms with E-state index in [1.807, 2.05) is 24.3 Å². The van der Waals surface area contributed by atoms with Crippen LogP contribution in [0.25, 0.3) is 0 Å². The quantitative estimate of drug-likeness (QED) is 0.780. The minimum absolute atomic E-state index is 0.0447. The molecule has 5 nitrogen and oxygen atoms in total. The molecule has 0 radical (unpaired) electrons. The van der Waals surface area contributed by atoms with Gasteiger partial charge in [-0.1, -0.05) is 41.4 Å². The molecule has 0 aromatic heterocycles. The summed E-state index contributed by atoms with van der Waals surface area (Å²) in [5, 5.41) is 3.54. The fraction of sp³-hybridized carbons (Fsp3) is 0.263. The summed E-state index contributed by atoms with van der Waals surface area (Å²) >= 11 is 12.1. The number of piperazine rings is 1. The number of carbonyl (C=O) groups is 2. The average molecular weight is 392 g/mol. The van der Waals surface area contributed by atoms with Crippen molar-refractivity contribution in [2.75, 3.05) is 36.4 Å². The van der Waals surface area contributed by atoms with Crippen LogP contribution in [-0.2, 0) is 0 Å². The minimum Gasteiger partial charge on any atom is -0.368 e. The number of hydrogen-bond donors (Lipinski definition) is 1. The van der Waals surface area contributed by atoms with Crippen LogP contribution in [0.5, 0.6) is 0 Å². The molecule has 7 heteroatoms. The van der Waals surface area contributed by atoms with Crippen LogP contribution in [0, 0.1) is 0 Å². The third-order valence-electron chi connectivity index (χ3n) is 4.38. The highest BCUT2D eigenvalue weighted by atomic mass is 35.5. The second-order valence-corrected chi connectivity index (χ2v) is 6.90. The van der Waals surface area contributed by atoms with Crippen LogP contribution in [0.4, 0.5) is 16.2 Å². The number of hydrogen-bond acceptors (Lipinski definition) is 3. The first-order valence-electron chi connectivity index (χ1n) is 8.31. The number of rotatable bonds is 3. The summed E-state index contributed by atoms with van der Waals surface area (Å²) in [7, 11) is 0. The third-order valence-corrected chi connectivity index (χ3v) is 5.20. The van der Waals surface area contributed by atoms with Crippen LogP contribution in [-0.4, -0.2) is 42.9 Å². The van der Waals surface area contributed by atoms with Gasteiger partial charge in [-0.3, -0.25) is 4.79 Å². The van der Waals surface area contributed by atoms with Gasteiger partial charge in [0.25, 0.3) is 0 Å². The van der Waals surface area contributed by atoms with Crippen molar-refractivity contribution >= 4 is 46.4 Å². The summed E-state index contributed by atoms with van der Waals surface area (Å²) in [4.78, 5) is 27.9. The summed E-state index contributed by atoms with van der Waals surface area (Å²) in [5.41, 5.74) is 2.19. The molecule has 0 spiro atoms. The molecule has 2 amide bonds. The maximum absolute atomic E-state index is 12.5. The molecule has 2 aromatic rings. The highest BCUT2D eigenvalue weighted by Gasteiger charge is 2.22. The van der Waals surface area contributed by atoms with E-state index in [1.54, 1.807) is 30.0 Å². The van der Waals surface area contributed by atoms with E-state index in [2.05, 4.69) is 10.2 Å². The van der Waals surface area contributed by atoms with Crippen LogP contribution >= 0.6 is 23.2 Å². The van der Waals surface area contributed by atoms with Gasteiger partial charge in [0.2, 0.25) is 0 Å². The number of nitrogens with one attached hydrogen (secondary N) is 1. The zero-order chi connectivity index (χ0) is 18.7. The van der Waals surface area contributed by atoms with Crippen LogP contribution in [0.15, 0.2) is 42.5 Å². The number of Topliss-reactive ketones (excluding diaryl/α,β-unsaturated/α-hetero) is 1. The lowest BCUT2D eigenvalue weighted by Crippen LogP contribution is -2.50. The summed E-state index contributed by atoms with van der Waals surface area (Å²) < 4.78 is 0. The van der Waals surface area contributed by atoms with Crippen LogP contribution in [0.3, 0.4) is 0 Å². The topological polar surface area (TPSA) is 52.7 Å². The first kappa shape index (κ1) is 18.5. The van der Waals surface area contributed by atoms with E-state index in [0.29, 0.717) is 47.5 Å². The molecular formula is C19H19Cl2N3O2. The SMILES string of the molecule is CC(=O)c1cccc(N2CCN(C(=O)Nc3cccc(Cl)c3Cl)CC2)c1. The van der Waals surface area contributed by atoms with Gasteiger partial charge < -0.3 is 15.1 Å². The first-order valence-corrected chi connectivity index (χ1v) is 9.07. The molecule has 1 aliphatic rings. The Morgan fingerprint density at radius 1 is 1.00 bits per heavy atom. The zero-order valence-electron chi connectivity index (χ0n) is 14.3. The van der Waals surface area contributed by atoms with Crippen molar-refractivity contribution in [2.24, 2.45) is 0 Å². The molecule has 1 N–H and O–H groups in total. The average Bonchev–Trinajstić information content (AvgIpc) is 2.65. The predicted octanol–water partition coefficient (Wildman–Crippen LogP) is 4.55. The second kappa shape index (κ2) is 7.98. The van der Waals surface area contributed by atoms with Gasteiger partial charge in [0.05, 0.1) is 15.7 Å². The monoisotopic (exact) mass is 391 g/mol. The van der Waals surface area contributed by atoms with Crippen molar-refractivity contribution in [2.45, 2.75) is 6.92 Å². The molecule has 26 heavy (non-hydrogen) atoms. The molecule has 0 unspecified atom stereocenters. The smallest absolute Gasteiger partial charge is 0.322 e. The van der Waals surface area contributed by atoms with E-state index in [-0.39, 0.29) is 11.8 Å². The van der Waals surface area contributed by atoms with Gasteiger partial charge in [-0.2, -0.15) is 0 Å². The molecule has 136 valence electrons. The zero-order valence-corrected chi connectivity index (χ0v) is 15.8. The number of benzene rings is 2. The summed E-state index contributed by atoms with van der Waals surface area (Å²) in [5.74, 6) is 0.0447. The molecule has 0 bridgehead atoms. The number of ketones is 1. The van der Waals surface area contributed by atoms with Gasteiger partial charge >= 0.3 is 6.03 Å². The molecule has 1 saturated heterocycles. The van der Waals surface area contributed by atoms with E-state index < -0.39 is 0 Å². The van der Waals surface area contributed by atoms with Gasteiger partial charge in [-0.05, 0) is 31.2 Å². The standard InChI is InChI=1S/C19H19Cl2N3O2/c1-13(25)14-4-2-5-15(12-14)23-8-10-24(11-9-23)19(26)22-17-7-3-6-16(20)18(17)21/h2-7,12H,8-11H2,1H3,(H,22,26). The Morgan fingerprint density at radius 3 is 2.38 bits per heavy atom. The van der Waals surface area contributed by atoms with Crippen molar-refractivity contribution in [1.29, 1.82) is 0 Å². The second-order valence-electron chi connectivity index (χ2n) is 6.11. The molecule has 0 aliphatic carbocycles. The third kappa shape index (κ3) is 4.11. The number of urea groups is 1. The number of nitrogens with zero attached hydrogens (tertiary/aromatic N) is 2. The highest BCUT2D eigenvalue weighted by molar-refractivity contribution is 6.43. The summed E-state index contributed by atoms with van der Waals surface area (Å²) in [6, 6.07) is 12.5. The normalized spacial score (nSPS) is 14.3. The molecule has 1 aliphatic heterocycles. The largest absolute Gasteiger partial charge is 0.368 e. The molecule has 1 heterocycles. The van der Waals surface area contributed by atoms with Gasteiger partial charge in [0.1, 0.15) is 0 Å². The van der Waals surface area contributed by atoms with Gasteiger partial charge in [-0.25, -0.2) is 4.79 Å². The minimum atomic E-state index is -0.202. The van der Waals surface area contributed by atoms with Crippen molar-refractivity contribution < 1.29 is 9.59 Å². The van der Waals surface area contributed by atoms with Gasteiger partial charge in [0.15, 0.2) is 5.78 Å². The number of anilines is 2. The van der Waals surface area contributed by atoms with E-state index in [9.17, 15) is 9.59 Å². The lowest BCUT2D eigenvalue weighted by molar-refractivity contribution is 0.101. The number of amides is 2. The fourth-order valence-electron chi connectivity index (χ4n) is 2.88. The summed E-state index contributed by atoms with van der Waals surface area (Å²) in [6.45, 7) is 4.10. The Labute approximate surface area is 162 Å². The predicted molar refractivity (Wildman–Crippen MR) is 106 cm³/mol. The Balaban J connectivity index is 1.61. The maximum Gasteiger partial charge on any atom is 0.322 e. The van der Waals surface area contributed by atoms with E-state index in [0.717, 1.165) is 5.69 Å². The first-order chi connectivity index (χ1) is 12.5. The van der Waals surface area contributed by atoms with Gasteiger partial charge in [-0.15, -0.1) is 0 Å². The number of carbonyl (C=O) groups excluding carboxylic acids is 2. The van der Waals surface area contributed by atoms with E-state index in [1.165, 1.54) is 0 Å². The van der Waals surface area contributed by atoms with E-state index in [4.69, 9.17) is 23.2 Å². The molecule has 0 saturated carbocycles. The van der Waals surface area contributed by atoms with E-state index >= 15 is 0 Å². The van der Waals surface area contributed by atoms with Crippen molar-refractivity contribution in [1.82, 2.24) is 4.90 Å². The fourth-order valence-corrected chi connectivity index (χ4v) is 3.23. The van der Waals surface area contributed by atoms with Gasteiger partial charge in [0, 0.05) is 37.4 Å². The van der Waals surface area contributed by atoms with Crippen molar-refractivity contribution in [3.8, 4) is 0 Å². The molecular weight excluding hydrogens is 373 g/mol. The maximum atomic E-state index is 12.5. The lowest BCUT2D eigenvalue weighted by atomic mass is 10.1. The van der Waals surface area contributed by atoms with Crippen LogP contribution in [0.2, 0.25) is 10.0 Å². The van der Waals surface area contributed by atoms with Crippen molar-refractivity contribution in [3.05, 3.63) is 58.1 Å². The Bertz CT molecular complexity index is 833. The molecule has 0 atom stereocenters. The molecule has 2 aromatic carbocycles. The molecule has 3 rings (SSSR count). The lowest BCUT2D eigenvalue weighted by Gasteiger charge is -2.36. The Kier molecular flexibility index (Phi) is 5.69. The summed E-state index contributed by atoms with van der Waals surface area (Å²) in [6.07, 6.45) is 0. The van der Waals surface area contributed by atoms with Crippen molar-refractivity contribution in [3.63, 3.8) is 0 Å². The van der Waals surface area contributed by atoms with Crippen LogP contribution in [0.1, 0.15) is 17.3 Å². The highest BCUT2D eigenvalue weighted by Crippen LogP contribution is 2.29.